The normalized spacial score (nSPS) is 13.7. The van der Waals surface area contributed by atoms with Crippen LogP contribution in [0.25, 0.3) is 10.8 Å². The molecule has 1 atom stereocenters. The second-order valence-electron chi connectivity index (χ2n) is 3.74. The molecule has 0 fully saturated rings. The zero-order chi connectivity index (χ0) is 13.5. The minimum atomic E-state index is -4.52. The van der Waals surface area contributed by atoms with Crippen LogP contribution in [0.15, 0.2) is 35.2 Å². The van der Waals surface area contributed by atoms with E-state index in [0.717, 1.165) is 6.07 Å². The highest BCUT2D eigenvalue weighted by molar-refractivity contribution is 7.86. The summed E-state index contributed by atoms with van der Waals surface area (Å²) in [5, 5.41) is 19.1. The van der Waals surface area contributed by atoms with Gasteiger partial charge in [0.15, 0.2) is 5.69 Å². The van der Waals surface area contributed by atoms with E-state index in [1.165, 1.54) is 24.3 Å². The Morgan fingerprint density at radius 2 is 1.89 bits per heavy atom. The lowest BCUT2D eigenvalue weighted by atomic mass is 10.1. The molecule has 8 heteroatoms. The first-order valence-corrected chi connectivity index (χ1v) is 6.27. The highest BCUT2D eigenvalue weighted by Gasteiger charge is 2.18. The molecular formula is C10H10N2O5S. The van der Waals surface area contributed by atoms with Crippen molar-refractivity contribution >= 4 is 32.3 Å². The molecule has 2 aromatic carbocycles. The van der Waals surface area contributed by atoms with Crippen molar-refractivity contribution in [2.24, 2.45) is 0 Å². The summed E-state index contributed by atoms with van der Waals surface area (Å²) in [5.41, 5.74) is 5.63. The van der Waals surface area contributed by atoms with E-state index in [4.69, 9.17) is 15.5 Å². The van der Waals surface area contributed by atoms with Gasteiger partial charge in [-0.3, -0.25) is 4.55 Å². The van der Waals surface area contributed by atoms with Crippen LogP contribution in [0, 0.1) is 5.21 Å². The summed E-state index contributed by atoms with van der Waals surface area (Å²) >= 11 is 0. The van der Waals surface area contributed by atoms with Crippen molar-refractivity contribution < 1.29 is 23.4 Å². The van der Waals surface area contributed by atoms with Gasteiger partial charge in [-0.2, -0.15) is 13.6 Å². The second kappa shape index (κ2) is 4.19. The SMILES string of the molecule is Nc1ccc2cc([NH+]([O-])O)cc(S(=O)(=O)O)c2c1. The lowest BCUT2D eigenvalue weighted by molar-refractivity contribution is -0.991. The Labute approximate surface area is 102 Å². The third-order valence-corrected chi connectivity index (χ3v) is 3.36. The Kier molecular flexibility index (Phi) is 2.97. The number of hydrogen-bond acceptors (Lipinski definition) is 5. The fourth-order valence-electron chi connectivity index (χ4n) is 1.68. The Bertz CT molecular complexity index is 712. The Morgan fingerprint density at radius 3 is 2.44 bits per heavy atom. The molecule has 0 aliphatic rings. The molecule has 0 saturated heterocycles. The van der Waals surface area contributed by atoms with Gasteiger partial charge in [0.2, 0.25) is 0 Å². The highest BCUT2D eigenvalue weighted by Crippen LogP contribution is 2.27. The maximum atomic E-state index is 11.3. The van der Waals surface area contributed by atoms with E-state index in [2.05, 4.69) is 0 Å². The molecule has 0 aromatic heterocycles. The molecule has 0 radical (unpaired) electrons. The summed E-state index contributed by atoms with van der Waals surface area (Å²) in [4.78, 5) is -0.468. The molecule has 0 amide bonds. The Morgan fingerprint density at radius 1 is 1.22 bits per heavy atom. The molecule has 0 aliphatic carbocycles. The molecule has 0 heterocycles. The van der Waals surface area contributed by atoms with E-state index in [1.807, 2.05) is 0 Å². The standard InChI is InChI=1S/C10H10N2O5S/c11-7-2-1-6-3-8(12(13)14)5-10(9(6)4-7)18(15,16)17/h1-5,12-13H,11H2,(H,15,16,17). The van der Waals surface area contributed by atoms with Crippen LogP contribution in [0.3, 0.4) is 0 Å². The van der Waals surface area contributed by atoms with Crippen LogP contribution in [0.1, 0.15) is 0 Å². The predicted molar refractivity (Wildman–Crippen MR) is 64.0 cm³/mol. The number of benzene rings is 2. The molecule has 96 valence electrons. The molecular weight excluding hydrogens is 260 g/mol. The third kappa shape index (κ3) is 2.28. The number of nitrogen functional groups attached to an aromatic ring is 1. The molecule has 7 nitrogen and oxygen atoms in total. The van der Waals surface area contributed by atoms with E-state index >= 15 is 0 Å². The smallest absolute Gasteiger partial charge is 0.295 e. The Balaban J connectivity index is 2.91. The number of nitrogens with two attached hydrogens (primary N) is 1. The molecule has 0 bridgehead atoms. The number of anilines is 1. The van der Waals surface area contributed by atoms with E-state index in [0.29, 0.717) is 11.1 Å². The minimum absolute atomic E-state index is 0.183. The van der Waals surface area contributed by atoms with E-state index in [-0.39, 0.29) is 11.1 Å². The summed E-state index contributed by atoms with van der Waals surface area (Å²) in [7, 11) is -4.52. The van der Waals surface area contributed by atoms with Crippen LogP contribution in [-0.4, -0.2) is 18.2 Å². The first-order chi connectivity index (χ1) is 8.29. The first kappa shape index (κ1) is 12.7. The molecule has 2 rings (SSSR count). The van der Waals surface area contributed by atoms with Crippen LogP contribution < -0.4 is 11.0 Å². The number of nitrogens with one attached hydrogen (secondary N) is 1. The molecule has 0 spiro atoms. The second-order valence-corrected chi connectivity index (χ2v) is 5.13. The summed E-state index contributed by atoms with van der Waals surface area (Å²) in [6, 6.07) is 6.59. The van der Waals surface area contributed by atoms with Gasteiger partial charge in [-0.25, -0.2) is 5.21 Å². The monoisotopic (exact) mass is 270 g/mol. The van der Waals surface area contributed by atoms with Gasteiger partial charge in [-0.1, -0.05) is 6.07 Å². The van der Waals surface area contributed by atoms with Crippen LogP contribution in [-0.2, 0) is 10.1 Å². The van der Waals surface area contributed by atoms with Gasteiger partial charge in [-0.05, 0) is 17.5 Å². The number of quaternary nitrogens is 1. The van der Waals surface area contributed by atoms with Gasteiger partial charge >= 0.3 is 0 Å². The lowest BCUT2D eigenvalue weighted by Gasteiger charge is -2.14. The summed E-state index contributed by atoms with van der Waals surface area (Å²) in [6.07, 6.45) is 0. The van der Waals surface area contributed by atoms with Crippen LogP contribution >= 0.6 is 0 Å². The van der Waals surface area contributed by atoms with Crippen LogP contribution in [0.5, 0.6) is 0 Å². The van der Waals surface area contributed by atoms with Gasteiger partial charge in [0.25, 0.3) is 10.1 Å². The maximum Gasteiger partial charge on any atom is 0.295 e. The van der Waals surface area contributed by atoms with Gasteiger partial charge in [0.05, 0.1) is 0 Å². The minimum Gasteiger partial charge on any atom is -0.595 e. The molecule has 18 heavy (non-hydrogen) atoms. The lowest BCUT2D eigenvalue weighted by Crippen LogP contribution is -2.99. The Hall–Kier alpha value is -1.71. The molecule has 0 aliphatic heterocycles. The largest absolute Gasteiger partial charge is 0.595 e. The quantitative estimate of drug-likeness (QED) is 0.347. The topological polar surface area (TPSA) is 128 Å². The third-order valence-electron chi connectivity index (χ3n) is 2.47. The van der Waals surface area contributed by atoms with Crippen LogP contribution in [0.2, 0.25) is 0 Å². The maximum absolute atomic E-state index is 11.3. The molecule has 0 saturated carbocycles. The van der Waals surface area contributed by atoms with Gasteiger partial charge in [0.1, 0.15) is 4.90 Å². The van der Waals surface area contributed by atoms with E-state index in [9.17, 15) is 13.6 Å². The zero-order valence-electron chi connectivity index (χ0n) is 8.99. The number of rotatable bonds is 2. The first-order valence-electron chi connectivity index (χ1n) is 4.83. The fourth-order valence-corrected chi connectivity index (χ4v) is 2.41. The van der Waals surface area contributed by atoms with E-state index < -0.39 is 20.2 Å². The van der Waals surface area contributed by atoms with E-state index in [1.54, 1.807) is 0 Å². The van der Waals surface area contributed by atoms with Gasteiger partial charge in [0, 0.05) is 23.2 Å². The summed E-state index contributed by atoms with van der Waals surface area (Å²) < 4.78 is 31.6. The number of hydrogen-bond donors (Lipinski definition) is 4. The van der Waals surface area contributed by atoms with Crippen molar-refractivity contribution in [3.8, 4) is 0 Å². The molecule has 1 unspecified atom stereocenters. The van der Waals surface area contributed by atoms with Gasteiger partial charge in [-0.15, -0.1) is 0 Å². The van der Waals surface area contributed by atoms with Crippen molar-refractivity contribution in [1.29, 1.82) is 0 Å². The van der Waals surface area contributed by atoms with Crippen molar-refractivity contribution in [1.82, 2.24) is 0 Å². The van der Waals surface area contributed by atoms with Gasteiger partial charge < -0.3 is 10.9 Å². The number of fused-ring (bicyclic) bond motifs is 1. The van der Waals surface area contributed by atoms with Crippen LogP contribution in [0.4, 0.5) is 11.4 Å². The van der Waals surface area contributed by atoms with Crippen molar-refractivity contribution in [2.45, 2.75) is 4.90 Å². The average Bonchev–Trinajstić information content (AvgIpc) is 2.26. The van der Waals surface area contributed by atoms with Crippen molar-refractivity contribution in [2.75, 3.05) is 5.73 Å². The summed E-state index contributed by atoms with van der Waals surface area (Å²) in [5.74, 6) is 0. The van der Waals surface area contributed by atoms with Crippen molar-refractivity contribution in [3.63, 3.8) is 0 Å². The van der Waals surface area contributed by atoms with Crippen molar-refractivity contribution in [3.05, 3.63) is 35.5 Å². The summed E-state index contributed by atoms with van der Waals surface area (Å²) in [6.45, 7) is 0. The molecule has 2 aromatic rings. The average molecular weight is 270 g/mol. The predicted octanol–water partition coefficient (Wildman–Crippen LogP) is 0.0721. The highest BCUT2D eigenvalue weighted by atomic mass is 32.2. The zero-order valence-corrected chi connectivity index (χ0v) is 9.81. The molecule has 5 N–H and O–H groups in total. The fraction of sp³-hybridized carbons (Fsp3) is 0.